The molecule has 19 heavy (non-hydrogen) atoms. The minimum Gasteiger partial charge on any atom is -0.339 e. The predicted molar refractivity (Wildman–Crippen MR) is 72.8 cm³/mol. The minimum atomic E-state index is 0.0306. The van der Waals surface area contributed by atoms with E-state index in [1.165, 1.54) is 0 Å². The molecule has 0 aromatic heterocycles. The van der Waals surface area contributed by atoms with Crippen molar-refractivity contribution >= 4 is 11.9 Å². The first-order valence-corrected chi connectivity index (χ1v) is 6.99. The van der Waals surface area contributed by atoms with Crippen molar-refractivity contribution < 1.29 is 9.59 Å². The second kappa shape index (κ2) is 5.77. The van der Waals surface area contributed by atoms with E-state index >= 15 is 0 Å². The summed E-state index contributed by atoms with van der Waals surface area (Å²) in [6, 6.07) is 0.303. The van der Waals surface area contributed by atoms with Gasteiger partial charge in [-0.05, 0) is 19.9 Å². The minimum absolute atomic E-state index is 0.0306. The summed E-state index contributed by atoms with van der Waals surface area (Å²) in [5.41, 5.74) is 0. The van der Waals surface area contributed by atoms with Crippen LogP contribution in [0.15, 0.2) is 0 Å². The van der Waals surface area contributed by atoms with Crippen LogP contribution < -0.4 is 5.32 Å². The summed E-state index contributed by atoms with van der Waals surface area (Å²) in [6.07, 6.45) is 0.927. The monoisotopic (exact) mass is 268 g/mol. The van der Waals surface area contributed by atoms with Crippen molar-refractivity contribution in [2.75, 3.05) is 46.8 Å². The maximum absolute atomic E-state index is 12.4. The zero-order valence-electron chi connectivity index (χ0n) is 12.1. The Hall–Kier alpha value is -1.30. The highest BCUT2D eigenvalue weighted by molar-refractivity contribution is 5.80. The average Bonchev–Trinajstić information content (AvgIpc) is 2.83. The topological polar surface area (TPSA) is 55.9 Å². The lowest BCUT2D eigenvalue weighted by Gasteiger charge is -2.37. The van der Waals surface area contributed by atoms with Gasteiger partial charge in [0.25, 0.3) is 0 Å². The Morgan fingerprint density at radius 2 is 1.68 bits per heavy atom. The van der Waals surface area contributed by atoms with Crippen LogP contribution in [-0.4, -0.2) is 79.5 Å². The Kier molecular flexibility index (Phi) is 4.29. The number of piperazine rings is 1. The highest BCUT2D eigenvalue weighted by Crippen LogP contribution is 2.19. The fourth-order valence-corrected chi connectivity index (χ4v) is 2.83. The van der Waals surface area contributed by atoms with Gasteiger partial charge in [-0.2, -0.15) is 0 Å². The Morgan fingerprint density at radius 3 is 2.16 bits per heavy atom. The molecule has 2 aliphatic rings. The molecule has 0 saturated carbocycles. The van der Waals surface area contributed by atoms with Crippen molar-refractivity contribution in [3.8, 4) is 0 Å². The molecule has 2 unspecified atom stereocenters. The molecule has 1 N–H and O–H groups in total. The van der Waals surface area contributed by atoms with Crippen LogP contribution in [0.5, 0.6) is 0 Å². The average molecular weight is 268 g/mol. The molecule has 0 aromatic rings. The fourth-order valence-electron chi connectivity index (χ4n) is 2.83. The highest BCUT2D eigenvalue weighted by atomic mass is 16.2. The van der Waals surface area contributed by atoms with Crippen LogP contribution >= 0.6 is 0 Å². The molecule has 108 valence electrons. The molecule has 2 rings (SSSR count). The van der Waals surface area contributed by atoms with Crippen LogP contribution in [0.2, 0.25) is 0 Å². The first-order valence-electron chi connectivity index (χ1n) is 6.99. The molecule has 2 saturated heterocycles. The molecule has 0 radical (unpaired) electrons. The number of rotatable bonds is 1. The summed E-state index contributed by atoms with van der Waals surface area (Å²) in [7, 11) is 3.51. The van der Waals surface area contributed by atoms with Gasteiger partial charge in [-0.25, -0.2) is 4.79 Å². The molecule has 0 aromatic carbocycles. The summed E-state index contributed by atoms with van der Waals surface area (Å²) in [6.45, 7) is 5.58. The van der Waals surface area contributed by atoms with Crippen LogP contribution in [0.3, 0.4) is 0 Å². The molecule has 2 heterocycles. The number of hydrogen-bond acceptors (Lipinski definition) is 3. The van der Waals surface area contributed by atoms with Gasteiger partial charge in [-0.15, -0.1) is 0 Å². The van der Waals surface area contributed by atoms with Gasteiger partial charge in [-0.1, -0.05) is 0 Å². The summed E-state index contributed by atoms with van der Waals surface area (Å²) >= 11 is 0. The zero-order chi connectivity index (χ0) is 14.0. The van der Waals surface area contributed by atoms with E-state index in [1.807, 2.05) is 4.90 Å². The normalized spacial score (nSPS) is 27.5. The van der Waals surface area contributed by atoms with E-state index in [0.29, 0.717) is 26.2 Å². The van der Waals surface area contributed by atoms with Crippen molar-refractivity contribution in [3.63, 3.8) is 0 Å². The van der Waals surface area contributed by atoms with Gasteiger partial charge >= 0.3 is 6.03 Å². The molecule has 3 amide bonds. The molecule has 2 atom stereocenters. The first kappa shape index (κ1) is 14.1. The third-order valence-corrected chi connectivity index (χ3v) is 4.09. The van der Waals surface area contributed by atoms with E-state index in [0.717, 1.165) is 13.0 Å². The molecular weight excluding hydrogens is 244 g/mol. The van der Waals surface area contributed by atoms with E-state index in [9.17, 15) is 9.59 Å². The Labute approximate surface area is 114 Å². The summed E-state index contributed by atoms with van der Waals surface area (Å²) in [5.74, 6) is 0.352. The summed E-state index contributed by atoms with van der Waals surface area (Å²) in [5, 5.41) is 3.31. The molecular formula is C13H24N4O2. The van der Waals surface area contributed by atoms with E-state index in [1.54, 1.807) is 23.9 Å². The van der Waals surface area contributed by atoms with Gasteiger partial charge in [0, 0.05) is 46.3 Å². The molecule has 0 bridgehead atoms. The Bertz CT molecular complexity index is 351. The number of nitrogens with one attached hydrogen (secondary N) is 1. The van der Waals surface area contributed by atoms with Crippen LogP contribution in [0.1, 0.15) is 13.3 Å². The van der Waals surface area contributed by atoms with E-state index in [2.05, 4.69) is 12.2 Å². The van der Waals surface area contributed by atoms with E-state index < -0.39 is 0 Å². The second-order valence-electron chi connectivity index (χ2n) is 5.63. The van der Waals surface area contributed by atoms with Crippen molar-refractivity contribution in [2.45, 2.75) is 19.4 Å². The smallest absolute Gasteiger partial charge is 0.319 e. The molecule has 6 nitrogen and oxygen atoms in total. The van der Waals surface area contributed by atoms with Gasteiger partial charge in [0.2, 0.25) is 5.91 Å². The number of carbonyl (C=O) groups excluding carboxylic acids is 2. The van der Waals surface area contributed by atoms with Crippen LogP contribution in [0.25, 0.3) is 0 Å². The maximum atomic E-state index is 12.4. The number of urea groups is 1. The summed E-state index contributed by atoms with van der Waals surface area (Å²) in [4.78, 5) is 29.5. The Balaban J connectivity index is 1.86. The molecule has 2 fully saturated rings. The largest absolute Gasteiger partial charge is 0.339 e. The number of nitrogens with zero attached hydrogens (tertiary/aromatic N) is 3. The number of amides is 3. The fraction of sp³-hybridized carbons (Fsp3) is 0.846. The van der Waals surface area contributed by atoms with Crippen molar-refractivity contribution in [1.29, 1.82) is 0 Å². The van der Waals surface area contributed by atoms with Crippen molar-refractivity contribution in [1.82, 2.24) is 20.0 Å². The van der Waals surface area contributed by atoms with Crippen molar-refractivity contribution in [2.24, 2.45) is 5.92 Å². The van der Waals surface area contributed by atoms with Gasteiger partial charge in [0.1, 0.15) is 0 Å². The standard InChI is InChI=1S/C13H24N4O2/c1-10-11(4-5-14-10)12(18)16-6-8-17(9-7-16)13(19)15(2)3/h10-11,14H,4-9H2,1-3H3. The third kappa shape index (κ3) is 3.00. The Morgan fingerprint density at radius 1 is 1.11 bits per heavy atom. The lowest BCUT2D eigenvalue weighted by molar-refractivity contribution is -0.137. The second-order valence-corrected chi connectivity index (χ2v) is 5.63. The van der Waals surface area contributed by atoms with E-state index in [-0.39, 0.29) is 23.9 Å². The molecule has 0 aliphatic carbocycles. The molecule has 6 heteroatoms. The summed E-state index contributed by atoms with van der Waals surface area (Å²) < 4.78 is 0. The number of hydrogen-bond donors (Lipinski definition) is 1. The molecule has 2 aliphatic heterocycles. The quantitative estimate of drug-likeness (QED) is 0.717. The van der Waals surface area contributed by atoms with Crippen LogP contribution in [-0.2, 0) is 4.79 Å². The highest BCUT2D eigenvalue weighted by Gasteiger charge is 2.34. The van der Waals surface area contributed by atoms with E-state index in [4.69, 9.17) is 0 Å². The first-order chi connectivity index (χ1) is 9.00. The van der Waals surface area contributed by atoms with Crippen LogP contribution in [0, 0.1) is 5.92 Å². The number of carbonyl (C=O) groups is 2. The maximum Gasteiger partial charge on any atom is 0.319 e. The lowest BCUT2D eigenvalue weighted by atomic mass is 10.00. The molecule has 0 spiro atoms. The SMILES string of the molecule is CC1NCCC1C(=O)N1CCN(C(=O)N(C)C)CC1. The lowest BCUT2D eigenvalue weighted by Crippen LogP contribution is -2.54. The van der Waals surface area contributed by atoms with Gasteiger partial charge in [0.15, 0.2) is 0 Å². The van der Waals surface area contributed by atoms with Gasteiger partial charge in [0.05, 0.1) is 5.92 Å². The van der Waals surface area contributed by atoms with Crippen molar-refractivity contribution in [3.05, 3.63) is 0 Å². The third-order valence-electron chi connectivity index (χ3n) is 4.09. The van der Waals surface area contributed by atoms with Gasteiger partial charge < -0.3 is 20.0 Å². The van der Waals surface area contributed by atoms with Crippen LogP contribution in [0.4, 0.5) is 4.79 Å². The zero-order valence-corrected chi connectivity index (χ0v) is 12.1. The van der Waals surface area contributed by atoms with Gasteiger partial charge in [-0.3, -0.25) is 4.79 Å². The predicted octanol–water partition coefficient (Wildman–Crippen LogP) is -0.190.